The molecule has 60 heavy (non-hydrogen) atoms. The fraction of sp³-hybridized carbons (Fsp3) is 0.0541. The number of nitrogens with one attached hydrogen (secondary N) is 1. The van der Waals surface area contributed by atoms with Crippen LogP contribution < -0.4 is 80.4 Å². The normalized spacial score (nSPS) is 11.2. The van der Waals surface area contributed by atoms with E-state index in [4.69, 9.17) is 4.55 Å². The van der Waals surface area contributed by atoms with Crippen LogP contribution in [-0.2, 0) is 27.5 Å². The first-order valence-corrected chi connectivity index (χ1v) is 17.7. The summed E-state index contributed by atoms with van der Waals surface area (Å²) in [7, 11) is -4.58. The fourth-order valence-corrected chi connectivity index (χ4v) is 5.43. The number of para-hydroxylation sites is 1. The number of hydrogen-bond donors (Lipinski definition) is 4. The maximum absolute atomic E-state index is 12.7. The Morgan fingerprint density at radius 1 is 0.767 bits per heavy atom. The van der Waals surface area contributed by atoms with E-state index < -0.39 is 49.5 Å². The summed E-state index contributed by atoms with van der Waals surface area (Å²) in [4.78, 5) is 51.1. The van der Waals surface area contributed by atoms with E-state index in [-0.39, 0.29) is 110 Å². The largest absolute Gasteiger partial charge is 1.00 e. The Morgan fingerprint density at radius 2 is 1.33 bits per heavy atom. The van der Waals surface area contributed by atoms with Gasteiger partial charge in [0.25, 0.3) is 21.2 Å². The van der Waals surface area contributed by atoms with E-state index in [1.807, 2.05) is 0 Å². The molecule has 0 spiro atoms. The molecule has 4 aromatic carbocycles. The summed E-state index contributed by atoms with van der Waals surface area (Å²) < 4.78 is 33.8. The predicted molar refractivity (Wildman–Crippen MR) is 203 cm³/mol. The van der Waals surface area contributed by atoms with Crippen molar-refractivity contribution in [3.8, 4) is 11.4 Å². The first kappa shape index (κ1) is 50.8. The van der Waals surface area contributed by atoms with Crippen molar-refractivity contribution in [3.63, 3.8) is 0 Å². The van der Waals surface area contributed by atoms with Gasteiger partial charge in [0, 0.05) is 23.0 Å². The number of aryl methyl sites for hydroxylation is 2. The van der Waals surface area contributed by atoms with Crippen LogP contribution in [0.2, 0.25) is 0 Å². The first-order chi connectivity index (χ1) is 27.1. The Hall–Kier alpha value is -5.31. The van der Waals surface area contributed by atoms with Gasteiger partial charge >= 0.3 is 71.1 Å². The van der Waals surface area contributed by atoms with Gasteiger partial charge in [-0.25, -0.2) is 14.3 Å². The number of nitrogens with zero attached hydrogens (tertiary/aromatic N) is 8. The Labute approximate surface area is 395 Å². The van der Waals surface area contributed by atoms with E-state index in [0.29, 0.717) is 22.8 Å². The Kier molecular flexibility index (Phi) is 18.9. The summed E-state index contributed by atoms with van der Waals surface area (Å²) in [6.45, 7) is 6.56. The van der Waals surface area contributed by atoms with E-state index in [1.165, 1.54) is 16.8 Å². The molecule has 0 atom stereocenters. The van der Waals surface area contributed by atoms with Gasteiger partial charge in [-0.05, 0) is 79.6 Å². The molecule has 4 N–H and O–H groups in total. The van der Waals surface area contributed by atoms with Crippen molar-refractivity contribution in [3.05, 3.63) is 153 Å². The third-order valence-electron chi connectivity index (χ3n) is 7.70. The molecule has 296 valence electrons. The maximum atomic E-state index is 12.7. The predicted octanol–water partition coefficient (Wildman–Crippen LogP) is -0.367. The SMILES string of the molecule is C=CC([O-])=Nc1ccc(-n2[nH]c(C)c(N=Nc3ccccc3C(=O)O)c2=O)cc1.Cc1[n-]n(-c2ccccc2)c(=O)c1N=Nc1ccc(S(=O)(=O)O)cc1C(=O)O.[Cr].[Na+].[Na+]. The summed E-state index contributed by atoms with van der Waals surface area (Å²) in [6.07, 6.45) is 1.10. The molecule has 0 radical (unpaired) electrons. The Bertz CT molecular complexity index is 2840. The number of aromatic nitrogens is 4. The van der Waals surface area contributed by atoms with Crippen LogP contribution in [0.3, 0.4) is 0 Å². The molecular formula is C37H29CrN9Na2O10S. The molecule has 6 rings (SSSR count). The zero-order chi connectivity index (χ0) is 41.4. The number of carboxylic acids is 2. The van der Waals surface area contributed by atoms with Gasteiger partial charge in [-0.15, -0.1) is 26.2 Å². The molecule has 0 aliphatic heterocycles. The maximum Gasteiger partial charge on any atom is 1.00 e. The molecule has 0 saturated carbocycles. The minimum atomic E-state index is -4.58. The Balaban J connectivity index is 0.000000394. The van der Waals surface area contributed by atoms with Gasteiger partial charge in [0.05, 0.1) is 33.1 Å². The molecule has 0 aliphatic rings. The minimum Gasteiger partial charge on any atom is -0.859 e. The van der Waals surface area contributed by atoms with Gasteiger partial charge in [0.2, 0.25) is 0 Å². The fourth-order valence-electron chi connectivity index (χ4n) is 4.93. The summed E-state index contributed by atoms with van der Waals surface area (Å²) in [5, 5.41) is 52.2. The molecule has 2 aromatic heterocycles. The second-order valence-corrected chi connectivity index (χ2v) is 13.0. The second-order valence-electron chi connectivity index (χ2n) is 11.6. The van der Waals surface area contributed by atoms with Gasteiger partial charge < -0.3 is 25.1 Å². The molecule has 0 unspecified atom stereocenters. The van der Waals surface area contributed by atoms with E-state index in [0.717, 1.165) is 29.0 Å². The molecule has 0 fully saturated rings. The number of rotatable bonds is 11. The topological polar surface area (TPSA) is 288 Å². The van der Waals surface area contributed by atoms with Crippen LogP contribution in [0.4, 0.5) is 28.4 Å². The van der Waals surface area contributed by atoms with E-state index in [9.17, 15) is 42.9 Å². The average Bonchev–Trinajstić information content (AvgIpc) is 3.64. The molecule has 2 heterocycles. The summed E-state index contributed by atoms with van der Waals surface area (Å²) in [6, 6.07) is 24.0. The number of H-pyrrole nitrogens is 1. The zero-order valence-electron chi connectivity index (χ0n) is 32.1. The van der Waals surface area contributed by atoms with Crippen molar-refractivity contribution in [2.75, 3.05) is 0 Å². The number of carboxylic acid groups (broad SMARTS) is 2. The van der Waals surface area contributed by atoms with Crippen molar-refractivity contribution < 1.29 is 114 Å². The van der Waals surface area contributed by atoms with Crippen LogP contribution in [0.5, 0.6) is 0 Å². The molecule has 23 heteroatoms. The van der Waals surface area contributed by atoms with Crippen molar-refractivity contribution >= 4 is 56.4 Å². The van der Waals surface area contributed by atoms with Crippen molar-refractivity contribution in [1.29, 1.82) is 0 Å². The smallest absolute Gasteiger partial charge is 0.859 e. The van der Waals surface area contributed by atoms with Crippen molar-refractivity contribution in [1.82, 2.24) is 19.6 Å². The van der Waals surface area contributed by atoms with Gasteiger partial charge in [-0.2, -0.15) is 8.42 Å². The summed E-state index contributed by atoms with van der Waals surface area (Å²) in [5.41, 5.74) is 0.625. The third-order valence-corrected chi connectivity index (χ3v) is 8.55. The molecule has 0 amide bonds. The number of aromatic carboxylic acids is 2. The van der Waals surface area contributed by atoms with Crippen molar-refractivity contribution in [2.45, 2.75) is 18.7 Å². The molecule has 0 saturated heterocycles. The number of hydrogen-bond acceptors (Lipinski definition) is 12. The van der Waals surface area contributed by atoms with Gasteiger partial charge in [0.15, 0.2) is 5.69 Å². The second kappa shape index (κ2) is 22.3. The third kappa shape index (κ3) is 12.4. The van der Waals surface area contributed by atoms with Gasteiger partial charge in [-0.3, -0.25) is 24.2 Å². The van der Waals surface area contributed by atoms with Gasteiger partial charge in [0.1, 0.15) is 17.1 Å². The number of aliphatic imine (C=N–C) groups is 1. The number of azo groups is 2. The zero-order valence-corrected chi connectivity index (χ0v) is 38.2. The molecule has 0 aliphatic carbocycles. The number of carbonyl (C=O) groups is 2. The van der Waals surface area contributed by atoms with Crippen LogP contribution in [-0.4, -0.2) is 55.5 Å². The summed E-state index contributed by atoms with van der Waals surface area (Å²) in [5.74, 6) is -3.07. The first-order valence-electron chi connectivity index (χ1n) is 16.2. The molecule has 19 nitrogen and oxygen atoms in total. The minimum absolute atomic E-state index is 0. The van der Waals surface area contributed by atoms with Crippen molar-refractivity contribution in [2.24, 2.45) is 25.4 Å². The van der Waals surface area contributed by atoms with Crippen LogP contribution in [0.15, 0.2) is 150 Å². The van der Waals surface area contributed by atoms with Crippen LogP contribution in [0.1, 0.15) is 32.1 Å². The Morgan fingerprint density at radius 3 is 1.92 bits per heavy atom. The van der Waals surface area contributed by atoms with E-state index in [2.05, 4.69) is 42.2 Å². The molecule has 0 bridgehead atoms. The average molecular weight is 890 g/mol. The van der Waals surface area contributed by atoms with E-state index >= 15 is 0 Å². The molecule has 6 aromatic rings. The standard InChI is InChI=1S/C20H17N5O4.C17H14N4O6S.Cr.2Na/c1-3-17(26)21-13-8-10-14(11-9-13)25-19(27)18(12(2)24-25)23-22-16-7-5-4-6-15(16)20(28)29;1-10-15(16(22)21(20-10)11-5-3-2-4-6-11)19-18-14-8-7-12(28(25,26)27)9-13(14)17(23)24;;;/h3-11,24H,1H2,2H3,(H,21,26)(H,28,29);2-9H,1H3,(H3,18,20,22,23,24,25,26,27);;;/q;;;2*+1/p-2. The molecular weight excluding hydrogens is 861 g/mol. The monoisotopic (exact) mass is 889 g/mol. The van der Waals surface area contributed by atoms with Crippen LogP contribution in [0, 0.1) is 13.8 Å². The van der Waals surface area contributed by atoms with E-state index in [1.54, 1.807) is 80.6 Å². The quantitative estimate of drug-likeness (QED) is 0.0428. The number of aromatic amines is 1. The van der Waals surface area contributed by atoms with Gasteiger partial charge in [-0.1, -0.05) is 49.9 Å². The summed E-state index contributed by atoms with van der Waals surface area (Å²) >= 11 is 0. The van der Waals surface area contributed by atoms with Crippen LogP contribution >= 0.6 is 0 Å². The van der Waals surface area contributed by atoms with Crippen LogP contribution in [0.25, 0.3) is 11.4 Å². The number of benzene rings is 4.